The van der Waals surface area contributed by atoms with E-state index in [1.54, 1.807) is 12.1 Å². The van der Waals surface area contributed by atoms with E-state index < -0.39 is 0 Å². The maximum atomic E-state index is 13.0. The molecule has 1 N–H and O–H groups in total. The molecule has 3 rings (SSSR count). The highest BCUT2D eigenvalue weighted by atomic mass is 19.1. The molecule has 0 spiro atoms. The summed E-state index contributed by atoms with van der Waals surface area (Å²) in [5, 5.41) is 9.32. The molecule has 0 fully saturated rings. The van der Waals surface area contributed by atoms with Crippen LogP contribution in [0.2, 0.25) is 0 Å². The lowest BCUT2D eigenvalue weighted by atomic mass is 10.2. The van der Waals surface area contributed by atoms with Gasteiger partial charge in [0.15, 0.2) is 0 Å². The van der Waals surface area contributed by atoms with Crippen LogP contribution in [0.3, 0.4) is 0 Å². The van der Waals surface area contributed by atoms with Crippen LogP contribution in [0.25, 0.3) is 22.1 Å². The van der Waals surface area contributed by atoms with Crippen LogP contribution >= 0.6 is 0 Å². The summed E-state index contributed by atoms with van der Waals surface area (Å²) >= 11 is 0. The van der Waals surface area contributed by atoms with Gasteiger partial charge in [-0.1, -0.05) is 0 Å². The molecule has 0 atom stereocenters. The third kappa shape index (κ3) is 1.35. The van der Waals surface area contributed by atoms with E-state index in [0.717, 1.165) is 0 Å². The van der Waals surface area contributed by atoms with E-state index in [1.165, 1.54) is 24.3 Å². The summed E-state index contributed by atoms with van der Waals surface area (Å²) in [6, 6.07) is 8.97. The number of hydrogen-bond acceptors (Lipinski definition) is 3. The largest absolute Gasteiger partial charge is 0.508 e. The fourth-order valence-corrected chi connectivity index (χ4v) is 1.64. The lowest BCUT2D eigenvalue weighted by Gasteiger charge is -2.01. The van der Waals surface area contributed by atoms with Gasteiger partial charge in [-0.15, -0.1) is 0 Å². The van der Waals surface area contributed by atoms with Crippen LogP contribution in [-0.2, 0) is 0 Å². The van der Waals surface area contributed by atoms with Crippen molar-refractivity contribution in [2.45, 2.75) is 0 Å². The minimum absolute atomic E-state index is 0.142. The molecule has 78 valence electrons. The minimum Gasteiger partial charge on any atom is -0.508 e. The van der Waals surface area contributed by atoms with Crippen molar-refractivity contribution >= 4 is 22.1 Å². The maximum Gasteiger partial charge on any atom is 0.125 e. The van der Waals surface area contributed by atoms with Crippen LogP contribution in [0.1, 0.15) is 0 Å². The number of phenols is 1. The molecule has 3 nitrogen and oxygen atoms in total. The van der Waals surface area contributed by atoms with E-state index in [-0.39, 0.29) is 11.6 Å². The predicted octanol–water partition coefficient (Wildman–Crippen LogP) is 2.63. The zero-order valence-corrected chi connectivity index (χ0v) is 8.18. The zero-order chi connectivity index (χ0) is 11.1. The van der Waals surface area contributed by atoms with E-state index >= 15 is 0 Å². The molecular formula is C12H7FN2O. The molecular weight excluding hydrogens is 207 g/mol. The number of halogens is 1. The van der Waals surface area contributed by atoms with Crippen molar-refractivity contribution in [3.8, 4) is 5.75 Å². The fraction of sp³-hybridized carbons (Fsp3) is 0. The van der Waals surface area contributed by atoms with E-state index in [9.17, 15) is 9.50 Å². The number of rotatable bonds is 0. The van der Waals surface area contributed by atoms with Gasteiger partial charge in [0, 0.05) is 12.1 Å². The Kier molecular flexibility index (Phi) is 1.77. The maximum absolute atomic E-state index is 13.0. The number of phenolic OH excluding ortho intramolecular Hbond substituents is 1. The summed E-state index contributed by atoms with van der Waals surface area (Å²) in [7, 11) is 0. The van der Waals surface area contributed by atoms with Crippen LogP contribution in [-0.4, -0.2) is 15.1 Å². The zero-order valence-electron chi connectivity index (χ0n) is 8.18. The first-order valence-corrected chi connectivity index (χ1v) is 4.78. The lowest BCUT2D eigenvalue weighted by molar-refractivity contribution is 0.476. The molecule has 0 aliphatic rings. The molecule has 0 radical (unpaired) electrons. The summed E-state index contributed by atoms with van der Waals surface area (Å²) < 4.78 is 13.0. The summed E-state index contributed by atoms with van der Waals surface area (Å²) in [5.41, 5.74) is 2.35. The highest BCUT2D eigenvalue weighted by Crippen LogP contribution is 2.20. The van der Waals surface area contributed by atoms with Crippen LogP contribution in [0.4, 0.5) is 4.39 Å². The molecule has 1 aromatic heterocycles. The first-order chi connectivity index (χ1) is 7.72. The Balaban J connectivity index is 2.44. The highest BCUT2D eigenvalue weighted by Gasteiger charge is 2.03. The molecule has 0 amide bonds. The summed E-state index contributed by atoms with van der Waals surface area (Å²) in [6.07, 6.45) is 0. The molecule has 16 heavy (non-hydrogen) atoms. The molecule has 0 bridgehead atoms. The summed E-state index contributed by atoms with van der Waals surface area (Å²) in [4.78, 5) is 8.56. The first kappa shape index (κ1) is 9.03. The SMILES string of the molecule is Oc1ccc2nc3cc(F)ccc3nc2c1. The smallest absolute Gasteiger partial charge is 0.125 e. The average molecular weight is 214 g/mol. The van der Waals surface area contributed by atoms with Crippen LogP contribution < -0.4 is 0 Å². The van der Waals surface area contributed by atoms with Crippen LogP contribution in [0, 0.1) is 5.82 Å². The van der Waals surface area contributed by atoms with Crippen LogP contribution in [0.5, 0.6) is 5.75 Å². The highest BCUT2D eigenvalue weighted by molar-refractivity contribution is 5.86. The second-order valence-corrected chi connectivity index (χ2v) is 3.53. The van der Waals surface area contributed by atoms with Crippen molar-refractivity contribution in [1.29, 1.82) is 0 Å². The summed E-state index contributed by atoms with van der Waals surface area (Å²) in [6.45, 7) is 0. The van der Waals surface area contributed by atoms with Gasteiger partial charge in [0.25, 0.3) is 0 Å². The van der Waals surface area contributed by atoms with Crippen molar-refractivity contribution in [3.05, 3.63) is 42.2 Å². The van der Waals surface area contributed by atoms with Gasteiger partial charge < -0.3 is 5.11 Å². The van der Waals surface area contributed by atoms with E-state index in [4.69, 9.17) is 0 Å². The number of fused-ring (bicyclic) bond motifs is 2. The Morgan fingerprint density at radius 2 is 1.44 bits per heavy atom. The molecule has 0 aliphatic carbocycles. The van der Waals surface area contributed by atoms with Crippen molar-refractivity contribution in [2.24, 2.45) is 0 Å². The predicted molar refractivity (Wildman–Crippen MR) is 58.7 cm³/mol. The van der Waals surface area contributed by atoms with Gasteiger partial charge in [-0.3, -0.25) is 0 Å². The quantitative estimate of drug-likeness (QED) is 0.585. The minimum atomic E-state index is -0.333. The third-order valence-electron chi connectivity index (χ3n) is 2.38. The standard InChI is InChI=1S/C12H7FN2O/c13-7-1-3-9-11(5-7)14-10-4-2-8(16)6-12(10)15-9/h1-6,16H. The molecule has 0 saturated heterocycles. The monoisotopic (exact) mass is 214 g/mol. The second-order valence-electron chi connectivity index (χ2n) is 3.53. The third-order valence-corrected chi connectivity index (χ3v) is 2.38. The Morgan fingerprint density at radius 1 is 0.812 bits per heavy atom. The Bertz CT molecular complexity index is 635. The van der Waals surface area contributed by atoms with Gasteiger partial charge >= 0.3 is 0 Å². The molecule has 0 aliphatic heterocycles. The van der Waals surface area contributed by atoms with E-state index in [0.29, 0.717) is 22.1 Å². The van der Waals surface area contributed by atoms with Gasteiger partial charge in [0.2, 0.25) is 0 Å². The van der Waals surface area contributed by atoms with E-state index in [2.05, 4.69) is 9.97 Å². The molecule has 3 aromatic rings. The van der Waals surface area contributed by atoms with Crippen molar-refractivity contribution in [1.82, 2.24) is 9.97 Å². The topological polar surface area (TPSA) is 46.0 Å². The van der Waals surface area contributed by atoms with Gasteiger partial charge in [0.1, 0.15) is 11.6 Å². The lowest BCUT2D eigenvalue weighted by Crippen LogP contribution is -1.87. The number of aromatic nitrogens is 2. The summed E-state index contributed by atoms with van der Waals surface area (Å²) in [5.74, 6) is -0.191. The van der Waals surface area contributed by atoms with Crippen molar-refractivity contribution in [2.75, 3.05) is 0 Å². The molecule has 4 heteroatoms. The van der Waals surface area contributed by atoms with Crippen LogP contribution in [0.15, 0.2) is 36.4 Å². The van der Waals surface area contributed by atoms with Crippen molar-refractivity contribution in [3.63, 3.8) is 0 Å². The molecule has 1 heterocycles. The molecule has 0 unspecified atom stereocenters. The Labute approximate surface area is 90.2 Å². The number of benzene rings is 2. The molecule has 0 saturated carbocycles. The van der Waals surface area contributed by atoms with Gasteiger partial charge in [-0.05, 0) is 24.3 Å². The van der Waals surface area contributed by atoms with E-state index in [1.807, 2.05) is 0 Å². The Morgan fingerprint density at radius 3 is 2.19 bits per heavy atom. The second kappa shape index (κ2) is 3.13. The average Bonchev–Trinajstić information content (AvgIpc) is 2.26. The van der Waals surface area contributed by atoms with Gasteiger partial charge in [0.05, 0.1) is 22.1 Å². The van der Waals surface area contributed by atoms with Gasteiger partial charge in [-0.25, -0.2) is 14.4 Å². The first-order valence-electron chi connectivity index (χ1n) is 4.78. The molecule has 2 aromatic carbocycles. The van der Waals surface area contributed by atoms with Crippen molar-refractivity contribution < 1.29 is 9.50 Å². The number of nitrogens with zero attached hydrogens (tertiary/aromatic N) is 2. The fourth-order valence-electron chi connectivity index (χ4n) is 1.64. The number of aromatic hydroxyl groups is 1. The normalized spacial score (nSPS) is 11.1. The van der Waals surface area contributed by atoms with Gasteiger partial charge in [-0.2, -0.15) is 0 Å². The number of hydrogen-bond donors (Lipinski definition) is 1. The Hall–Kier alpha value is -2.23.